The number of halogens is 1. The van der Waals surface area contributed by atoms with Gasteiger partial charge in [0.15, 0.2) is 5.78 Å². The van der Waals surface area contributed by atoms with Crippen LogP contribution in [0.15, 0.2) is 18.2 Å². The third-order valence-corrected chi connectivity index (χ3v) is 4.29. The summed E-state index contributed by atoms with van der Waals surface area (Å²) in [7, 11) is 0. The van der Waals surface area contributed by atoms with Crippen molar-refractivity contribution in [1.82, 2.24) is 0 Å². The first-order valence-corrected chi connectivity index (χ1v) is 6.48. The van der Waals surface area contributed by atoms with Crippen LogP contribution in [0.4, 0.5) is 4.39 Å². The van der Waals surface area contributed by atoms with Crippen LogP contribution < -0.4 is 0 Å². The Labute approximate surface area is 101 Å². The molecule has 0 aliphatic heterocycles. The largest absolute Gasteiger partial charge is 0.294 e. The van der Waals surface area contributed by atoms with E-state index in [1.807, 2.05) is 13.0 Å². The number of fused-ring (bicyclic) bond motifs is 1. The Morgan fingerprint density at radius 3 is 2.41 bits per heavy atom. The fourth-order valence-corrected chi connectivity index (χ4v) is 3.45. The lowest BCUT2D eigenvalue weighted by atomic mass is 10.0. The third-order valence-electron chi connectivity index (χ3n) is 4.29. The second-order valence-corrected chi connectivity index (χ2v) is 5.52. The Hall–Kier alpha value is -1.18. The van der Waals surface area contributed by atoms with E-state index in [2.05, 4.69) is 0 Å². The van der Waals surface area contributed by atoms with E-state index in [0.29, 0.717) is 17.4 Å². The summed E-state index contributed by atoms with van der Waals surface area (Å²) in [4.78, 5) is 12.3. The van der Waals surface area contributed by atoms with Crippen LogP contribution in [0, 0.1) is 30.5 Å². The first-order valence-electron chi connectivity index (χ1n) is 6.48. The van der Waals surface area contributed by atoms with Crippen molar-refractivity contribution < 1.29 is 9.18 Å². The molecule has 0 radical (unpaired) electrons. The summed E-state index contributed by atoms with van der Waals surface area (Å²) in [6.07, 6.45) is 4.89. The number of carbonyl (C=O) groups is 1. The van der Waals surface area contributed by atoms with E-state index in [1.54, 1.807) is 0 Å². The smallest absolute Gasteiger partial charge is 0.166 e. The minimum absolute atomic E-state index is 0.171. The summed E-state index contributed by atoms with van der Waals surface area (Å²) >= 11 is 0. The summed E-state index contributed by atoms with van der Waals surface area (Å²) < 4.78 is 13.3. The summed E-state index contributed by atoms with van der Waals surface area (Å²) in [5.41, 5.74) is 1.40. The predicted octanol–water partition coefficient (Wildman–Crippen LogP) is 3.75. The van der Waals surface area contributed by atoms with E-state index in [9.17, 15) is 9.18 Å². The van der Waals surface area contributed by atoms with Gasteiger partial charge in [-0.3, -0.25) is 4.79 Å². The van der Waals surface area contributed by atoms with Gasteiger partial charge in [-0.1, -0.05) is 12.8 Å². The van der Waals surface area contributed by atoms with E-state index in [4.69, 9.17) is 0 Å². The number of rotatable bonds is 2. The fraction of sp³-hybridized carbons (Fsp3) is 0.533. The second-order valence-electron chi connectivity index (χ2n) is 5.52. The lowest BCUT2D eigenvalue weighted by Crippen LogP contribution is -2.05. The predicted molar refractivity (Wildman–Crippen MR) is 64.4 cm³/mol. The molecule has 0 amide bonds. The lowest BCUT2D eigenvalue weighted by Gasteiger charge is -2.04. The van der Waals surface area contributed by atoms with Crippen LogP contribution in [-0.2, 0) is 0 Å². The molecular weight excluding hydrogens is 215 g/mol. The van der Waals surface area contributed by atoms with Crippen molar-refractivity contribution in [3.05, 3.63) is 35.1 Å². The Morgan fingerprint density at radius 2 is 1.82 bits per heavy atom. The molecule has 0 heterocycles. The van der Waals surface area contributed by atoms with E-state index in [0.717, 1.165) is 5.56 Å². The van der Waals surface area contributed by atoms with Crippen LogP contribution in [0.2, 0.25) is 0 Å². The molecule has 2 fully saturated rings. The van der Waals surface area contributed by atoms with Crippen molar-refractivity contribution in [3.63, 3.8) is 0 Å². The summed E-state index contributed by atoms with van der Waals surface area (Å²) in [6.45, 7) is 1.83. The van der Waals surface area contributed by atoms with Gasteiger partial charge in [-0.25, -0.2) is 4.39 Å². The van der Waals surface area contributed by atoms with Gasteiger partial charge in [0, 0.05) is 11.5 Å². The van der Waals surface area contributed by atoms with Crippen LogP contribution >= 0.6 is 0 Å². The summed E-state index contributed by atoms with van der Waals surface area (Å²) in [6, 6.07) is 4.67. The van der Waals surface area contributed by atoms with E-state index >= 15 is 0 Å². The van der Waals surface area contributed by atoms with Crippen molar-refractivity contribution >= 4 is 5.78 Å². The zero-order valence-electron chi connectivity index (χ0n) is 10.1. The highest BCUT2D eigenvalue weighted by Crippen LogP contribution is 2.56. The van der Waals surface area contributed by atoms with Gasteiger partial charge >= 0.3 is 0 Å². The Balaban J connectivity index is 1.82. The molecule has 1 nitrogen and oxygen atoms in total. The highest BCUT2D eigenvalue weighted by atomic mass is 19.1. The van der Waals surface area contributed by atoms with Gasteiger partial charge in [0.05, 0.1) is 0 Å². The van der Waals surface area contributed by atoms with Crippen LogP contribution in [0.5, 0.6) is 0 Å². The monoisotopic (exact) mass is 232 g/mol. The van der Waals surface area contributed by atoms with Crippen molar-refractivity contribution in [2.24, 2.45) is 17.8 Å². The van der Waals surface area contributed by atoms with Gasteiger partial charge in [-0.05, 0) is 55.4 Å². The normalized spacial score (nSPS) is 30.8. The van der Waals surface area contributed by atoms with Crippen molar-refractivity contribution in [2.45, 2.75) is 32.6 Å². The number of carbonyl (C=O) groups excluding carboxylic acids is 1. The van der Waals surface area contributed by atoms with E-state index < -0.39 is 0 Å². The Bertz CT molecular complexity index is 434. The summed E-state index contributed by atoms with van der Waals surface area (Å²) in [5.74, 6) is 1.26. The lowest BCUT2D eigenvalue weighted by molar-refractivity contribution is 0.0956. The highest BCUT2D eigenvalue weighted by molar-refractivity contribution is 6.00. The van der Waals surface area contributed by atoms with Gasteiger partial charge in [0.2, 0.25) is 0 Å². The van der Waals surface area contributed by atoms with Gasteiger partial charge in [-0.15, -0.1) is 0 Å². The first-order chi connectivity index (χ1) is 8.16. The molecule has 0 saturated heterocycles. The minimum Gasteiger partial charge on any atom is -0.294 e. The molecule has 17 heavy (non-hydrogen) atoms. The highest BCUT2D eigenvalue weighted by Gasteiger charge is 2.54. The SMILES string of the molecule is Cc1cc(F)cc(C(=O)C2C3CCCCC32)c1. The van der Waals surface area contributed by atoms with Crippen molar-refractivity contribution in [1.29, 1.82) is 0 Å². The quantitative estimate of drug-likeness (QED) is 0.710. The van der Waals surface area contributed by atoms with Crippen LogP contribution in [-0.4, -0.2) is 5.78 Å². The van der Waals surface area contributed by atoms with E-state index in [-0.39, 0.29) is 17.5 Å². The molecule has 0 aromatic heterocycles. The molecule has 2 aliphatic carbocycles. The second kappa shape index (κ2) is 3.94. The molecule has 2 heteroatoms. The zero-order chi connectivity index (χ0) is 12.0. The molecule has 1 aromatic rings. The Kier molecular flexibility index (Phi) is 2.53. The first kappa shape index (κ1) is 10.9. The maximum atomic E-state index is 13.3. The third kappa shape index (κ3) is 1.90. The number of Topliss-reactive ketones (excluding diaryl/α,β-unsaturated/α-hetero) is 1. The topological polar surface area (TPSA) is 17.1 Å². The van der Waals surface area contributed by atoms with Crippen molar-refractivity contribution in [3.8, 4) is 0 Å². The molecule has 2 aliphatic rings. The van der Waals surface area contributed by atoms with Crippen LogP contribution in [0.1, 0.15) is 41.6 Å². The van der Waals surface area contributed by atoms with Gasteiger partial charge in [-0.2, -0.15) is 0 Å². The minimum atomic E-state index is -0.294. The maximum Gasteiger partial charge on any atom is 0.166 e. The van der Waals surface area contributed by atoms with Crippen LogP contribution in [0.3, 0.4) is 0 Å². The number of hydrogen-bond acceptors (Lipinski definition) is 1. The zero-order valence-corrected chi connectivity index (χ0v) is 10.1. The number of benzene rings is 1. The Morgan fingerprint density at radius 1 is 1.18 bits per heavy atom. The number of ketones is 1. The molecule has 2 atom stereocenters. The molecule has 2 saturated carbocycles. The molecule has 0 spiro atoms. The van der Waals surface area contributed by atoms with E-state index in [1.165, 1.54) is 37.8 Å². The molecule has 0 N–H and O–H groups in total. The maximum absolute atomic E-state index is 13.3. The molecule has 0 bridgehead atoms. The molecule has 3 rings (SSSR count). The molecule has 90 valence electrons. The standard InChI is InChI=1S/C15H17FO/c1-9-6-10(8-11(16)7-9)15(17)14-12-4-2-3-5-13(12)14/h6-8,12-14H,2-5H2,1H3. The van der Waals surface area contributed by atoms with Crippen LogP contribution in [0.25, 0.3) is 0 Å². The molecular formula is C15H17FO. The van der Waals surface area contributed by atoms with Gasteiger partial charge in [0.1, 0.15) is 5.82 Å². The molecule has 2 unspecified atom stereocenters. The molecule has 1 aromatic carbocycles. The van der Waals surface area contributed by atoms with Gasteiger partial charge in [0.25, 0.3) is 0 Å². The average molecular weight is 232 g/mol. The van der Waals surface area contributed by atoms with Crippen molar-refractivity contribution in [2.75, 3.05) is 0 Å². The fourth-order valence-electron chi connectivity index (χ4n) is 3.45. The average Bonchev–Trinajstić information content (AvgIpc) is 3.00. The number of aryl methyl sites for hydroxylation is 1. The summed E-state index contributed by atoms with van der Waals surface area (Å²) in [5, 5.41) is 0. The van der Waals surface area contributed by atoms with Gasteiger partial charge < -0.3 is 0 Å². The number of hydrogen-bond donors (Lipinski definition) is 0.